The highest BCUT2D eigenvalue weighted by Gasteiger charge is 2.26. The van der Waals surface area contributed by atoms with Crippen LogP contribution in [0, 0.1) is 6.92 Å². The van der Waals surface area contributed by atoms with Crippen LogP contribution in [0.25, 0.3) is 0 Å². The molecule has 0 spiro atoms. The average molecular weight is 564 g/mol. The van der Waals surface area contributed by atoms with Gasteiger partial charge < -0.3 is 0 Å². The number of thioether (sulfide) groups is 1. The van der Waals surface area contributed by atoms with Crippen molar-refractivity contribution in [3.63, 3.8) is 0 Å². The van der Waals surface area contributed by atoms with Gasteiger partial charge in [0.2, 0.25) is 0 Å². The second-order valence-corrected chi connectivity index (χ2v) is 11.6. The summed E-state index contributed by atoms with van der Waals surface area (Å²) in [6.45, 7) is 1.90. The molecule has 6 nitrogen and oxygen atoms in total. The van der Waals surface area contributed by atoms with Crippen LogP contribution in [-0.4, -0.2) is 26.8 Å². The Hall–Kier alpha value is -3.59. The lowest BCUT2D eigenvalue weighted by Gasteiger charge is -2.26. The molecule has 4 rings (SSSR count). The second-order valence-electron chi connectivity index (χ2n) is 8.42. The van der Waals surface area contributed by atoms with Gasteiger partial charge in [-0.3, -0.25) is 9.10 Å². The molecule has 0 saturated carbocycles. The summed E-state index contributed by atoms with van der Waals surface area (Å²) in [5, 5.41) is 4.47. The van der Waals surface area contributed by atoms with E-state index in [1.165, 1.54) is 4.31 Å². The number of halogens is 1. The molecule has 194 valence electrons. The van der Waals surface area contributed by atoms with E-state index in [9.17, 15) is 13.2 Å². The molecule has 0 heterocycles. The molecule has 38 heavy (non-hydrogen) atoms. The lowest BCUT2D eigenvalue weighted by atomic mass is 10.1. The number of nitrogens with zero attached hydrogens (tertiary/aromatic N) is 2. The zero-order valence-electron chi connectivity index (χ0n) is 20.8. The van der Waals surface area contributed by atoms with Gasteiger partial charge in [-0.2, -0.15) is 5.10 Å². The van der Waals surface area contributed by atoms with Crippen LogP contribution in [0.1, 0.15) is 27.0 Å². The summed E-state index contributed by atoms with van der Waals surface area (Å²) in [6.07, 6.45) is 3.59. The maximum atomic E-state index is 13.6. The smallest absolute Gasteiger partial charge is 0.267 e. The molecule has 0 aliphatic carbocycles. The number of carbonyl (C=O) groups is 1. The third-order valence-corrected chi connectivity index (χ3v) is 8.56. The third kappa shape index (κ3) is 6.64. The molecule has 0 saturated heterocycles. The number of nitrogens with one attached hydrogen (secondary N) is 1. The molecule has 0 aliphatic rings. The van der Waals surface area contributed by atoms with E-state index in [-0.39, 0.29) is 17.3 Å². The average Bonchev–Trinajstić information content (AvgIpc) is 2.94. The number of hydrogen-bond acceptors (Lipinski definition) is 5. The Morgan fingerprint density at radius 3 is 2.32 bits per heavy atom. The van der Waals surface area contributed by atoms with Crippen molar-refractivity contribution in [1.29, 1.82) is 0 Å². The van der Waals surface area contributed by atoms with E-state index in [2.05, 4.69) is 10.5 Å². The number of sulfonamides is 1. The largest absolute Gasteiger partial charge is 0.271 e. The van der Waals surface area contributed by atoms with Crippen LogP contribution >= 0.6 is 23.4 Å². The Labute approximate surface area is 232 Å². The van der Waals surface area contributed by atoms with Gasteiger partial charge in [-0.1, -0.05) is 60.1 Å². The fraction of sp³-hybridized carbons (Fsp3) is 0.103. The van der Waals surface area contributed by atoms with Gasteiger partial charge in [0, 0.05) is 15.5 Å². The number of anilines is 1. The van der Waals surface area contributed by atoms with E-state index >= 15 is 0 Å². The van der Waals surface area contributed by atoms with Crippen molar-refractivity contribution >= 4 is 51.2 Å². The van der Waals surface area contributed by atoms with Crippen LogP contribution < -0.4 is 9.73 Å². The molecular formula is C29H26ClN3O3S2. The van der Waals surface area contributed by atoms with Gasteiger partial charge in [0.1, 0.15) is 0 Å². The summed E-state index contributed by atoms with van der Waals surface area (Å²) in [4.78, 5) is 13.9. The number of rotatable bonds is 9. The van der Waals surface area contributed by atoms with E-state index in [0.717, 1.165) is 16.0 Å². The Bertz CT molecular complexity index is 1540. The SMILES string of the molecule is CSc1ccc(/C=N\NC(=O)c2ccc(CN(c3cc(Cl)ccc3C)S(=O)(=O)c3ccccc3)cc2)cc1. The van der Waals surface area contributed by atoms with Crippen LogP contribution in [0.3, 0.4) is 0 Å². The minimum Gasteiger partial charge on any atom is -0.267 e. The van der Waals surface area contributed by atoms with Gasteiger partial charge in [0.05, 0.1) is 23.3 Å². The zero-order chi connectivity index (χ0) is 27.1. The summed E-state index contributed by atoms with van der Waals surface area (Å²) >= 11 is 7.88. The molecule has 0 unspecified atom stereocenters. The van der Waals surface area contributed by atoms with E-state index in [1.54, 1.807) is 90.8 Å². The van der Waals surface area contributed by atoms with E-state index < -0.39 is 10.0 Å². The zero-order valence-corrected chi connectivity index (χ0v) is 23.2. The van der Waals surface area contributed by atoms with Crippen molar-refractivity contribution in [2.24, 2.45) is 5.10 Å². The molecule has 0 radical (unpaired) electrons. The van der Waals surface area contributed by atoms with Crippen molar-refractivity contribution in [3.05, 3.63) is 124 Å². The monoisotopic (exact) mass is 563 g/mol. The first-order chi connectivity index (χ1) is 18.3. The molecule has 0 aromatic heterocycles. The molecule has 1 amide bonds. The first kappa shape index (κ1) is 27.4. The molecule has 1 N–H and O–H groups in total. The minimum atomic E-state index is -3.89. The molecule has 0 fully saturated rings. The van der Waals surface area contributed by atoms with Gasteiger partial charge in [-0.25, -0.2) is 13.8 Å². The fourth-order valence-electron chi connectivity index (χ4n) is 3.72. The summed E-state index contributed by atoms with van der Waals surface area (Å²) in [5.41, 5.74) is 5.76. The molecule has 0 bridgehead atoms. The van der Waals surface area contributed by atoms with E-state index in [0.29, 0.717) is 21.8 Å². The number of aryl methyl sites for hydroxylation is 1. The quantitative estimate of drug-likeness (QED) is 0.143. The maximum Gasteiger partial charge on any atom is 0.271 e. The lowest BCUT2D eigenvalue weighted by Crippen LogP contribution is -2.31. The molecular weight excluding hydrogens is 538 g/mol. The predicted molar refractivity (Wildman–Crippen MR) is 156 cm³/mol. The highest BCUT2D eigenvalue weighted by Crippen LogP contribution is 2.31. The number of amides is 1. The van der Waals surface area contributed by atoms with E-state index in [4.69, 9.17) is 11.6 Å². The standard InChI is InChI=1S/C29H26ClN3O3S2/c1-21-8-15-25(30)18-28(21)33(38(35,36)27-6-4-3-5-7-27)20-23-9-13-24(14-10-23)29(34)32-31-19-22-11-16-26(37-2)17-12-22/h3-19H,20H2,1-2H3,(H,32,34)/b31-19-. The molecule has 9 heteroatoms. The first-order valence-corrected chi connectivity index (χ1v) is 14.7. The highest BCUT2D eigenvalue weighted by molar-refractivity contribution is 7.98. The number of hydrogen-bond donors (Lipinski definition) is 1. The van der Waals surface area contributed by atoms with Crippen LogP contribution in [0.2, 0.25) is 5.02 Å². The lowest BCUT2D eigenvalue weighted by molar-refractivity contribution is 0.0955. The van der Waals surface area contributed by atoms with Crippen LogP contribution in [0.4, 0.5) is 5.69 Å². The fourth-order valence-corrected chi connectivity index (χ4v) is 5.82. The summed E-state index contributed by atoms with van der Waals surface area (Å²) in [5.74, 6) is -0.368. The Kier molecular flexibility index (Phi) is 8.89. The molecule has 4 aromatic carbocycles. The number of carbonyl (C=O) groups excluding carboxylic acids is 1. The third-order valence-electron chi connectivity index (χ3n) is 5.81. The predicted octanol–water partition coefficient (Wildman–Crippen LogP) is 6.53. The van der Waals surface area contributed by atoms with E-state index in [1.807, 2.05) is 37.4 Å². The van der Waals surface area contributed by atoms with Crippen LogP contribution in [0.5, 0.6) is 0 Å². The van der Waals surface area contributed by atoms with Gasteiger partial charge in [0.25, 0.3) is 15.9 Å². The van der Waals surface area contributed by atoms with Crippen molar-refractivity contribution in [3.8, 4) is 0 Å². The minimum absolute atomic E-state index is 0.0600. The maximum absolute atomic E-state index is 13.6. The highest BCUT2D eigenvalue weighted by atomic mass is 35.5. The van der Waals surface area contributed by atoms with Crippen molar-refractivity contribution in [2.45, 2.75) is 23.3 Å². The number of benzene rings is 4. The van der Waals surface area contributed by atoms with Gasteiger partial charge in [0.15, 0.2) is 0 Å². The first-order valence-electron chi connectivity index (χ1n) is 11.7. The summed E-state index contributed by atoms with van der Waals surface area (Å²) < 4.78 is 28.6. The van der Waals surface area contributed by atoms with Crippen molar-refractivity contribution in [1.82, 2.24) is 5.43 Å². The Morgan fingerprint density at radius 2 is 1.66 bits per heavy atom. The molecule has 0 aliphatic heterocycles. The summed E-state index contributed by atoms with van der Waals surface area (Å²) in [6, 6.07) is 28.0. The van der Waals surface area contributed by atoms with Crippen LogP contribution in [-0.2, 0) is 16.6 Å². The van der Waals surface area contributed by atoms with Crippen molar-refractivity contribution in [2.75, 3.05) is 10.6 Å². The van der Waals surface area contributed by atoms with Gasteiger partial charge in [-0.15, -0.1) is 11.8 Å². The second kappa shape index (κ2) is 12.3. The Balaban J connectivity index is 1.53. The van der Waals surface area contributed by atoms with Gasteiger partial charge >= 0.3 is 0 Å². The summed E-state index contributed by atoms with van der Waals surface area (Å²) in [7, 11) is -3.89. The Morgan fingerprint density at radius 1 is 0.974 bits per heavy atom. The van der Waals surface area contributed by atoms with Crippen molar-refractivity contribution < 1.29 is 13.2 Å². The molecule has 0 atom stereocenters. The normalized spacial score (nSPS) is 11.4. The van der Waals surface area contributed by atoms with Crippen LogP contribution in [0.15, 0.2) is 112 Å². The number of hydrazone groups is 1. The topological polar surface area (TPSA) is 78.8 Å². The van der Waals surface area contributed by atoms with Gasteiger partial charge in [-0.05, 0) is 78.4 Å². The molecule has 4 aromatic rings.